The van der Waals surface area contributed by atoms with Crippen molar-refractivity contribution >= 4 is 6.09 Å². The van der Waals surface area contributed by atoms with Crippen LogP contribution < -0.4 is 5.73 Å². The third kappa shape index (κ3) is 2.66. The van der Waals surface area contributed by atoms with Gasteiger partial charge in [-0.05, 0) is 47.5 Å². The summed E-state index contributed by atoms with van der Waals surface area (Å²) in [4.78, 5) is 13.9. The standard InChI is InChI=1S/C15H28N2O3/c1-13(2,3)20-12(18)17-8-6-15(7-9-17)11(16)10-19-14(15,4)5/h11H,6-10,16H2,1-5H3/t11-/m1/s1. The van der Waals surface area contributed by atoms with Crippen LogP contribution in [0, 0.1) is 5.41 Å². The SMILES string of the molecule is CC(C)(C)OC(=O)N1CCC2(CC1)[C@H](N)COC2(C)C. The smallest absolute Gasteiger partial charge is 0.410 e. The van der Waals surface area contributed by atoms with Crippen LogP contribution in [-0.4, -0.2) is 47.9 Å². The molecule has 0 radical (unpaired) electrons. The topological polar surface area (TPSA) is 64.8 Å². The first-order valence-electron chi connectivity index (χ1n) is 7.45. The van der Waals surface area contributed by atoms with Gasteiger partial charge in [0.1, 0.15) is 5.60 Å². The van der Waals surface area contributed by atoms with Crippen LogP contribution in [0.1, 0.15) is 47.5 Å². The van der Waals surface area contributed by atoms with Gasteiger partial charge in [-0.1, -0.05) is 0 Å². The van der Waals surface area contributed by atoms with Gasteiger partial charge in [-0.15, -0.1) is 0 Å². The van der Waals surface area contributed by atoms with Crippen molar-refractivity contribution in [1.82, 2.24) is 4.90 Å². The Labute approximate surface area is 121 Å². The lowest BCUT2D eigenvalue weighted by Gasteiger charge is -2.47. The zero-order valence-corrected chi connectivity index (χ0v) is 13.4. The molecule has 2 heterocycles. The number of ether oxygens (including phenoxy) is 2. The minimum absolute atomic E-state index is 0.0223. The number of hydrogen-bond donors (Lipinski definition) is 1. The van der Waals surface area contributed by atoms with E-state index in [2.05, 4.69) is 13.8 Å². The van der Waals surface area contributed by atoms with Gasteiger partial charge in [0.05, 0.1) is 12.2 Å². The molecule has 5 heteroatoms. The van der Waals surface area contributed by atoms with Gasteiger partial charge in [0, 0.05) is 24.5 Å². The molecule has 2 aliphatic heterocycles. The molecular formula is C15H28N2O3. The van der Waals surface area contributed by atoms with Crippen molar-refractivity contribution < 1.29 is 14.3 Å². The molecule has 1 amide bonds. The van der Waals surface area contributed by atoms with Crippen LogP contribution in [0.3, 0.4) is 0 Å². The fraction of sp³-hybridized carbons (Fsp3) is 0.933. The van der Waals surface area contributed by atoms with Gasteiger partial charge in [-0.2, -0.15) is 0 Å². The average molecular weight is 284 g/mol. The highest BCUT2D eigenvalue weighted by Gasteiger charge is 2.56. The number of amides is 1. The van der Waals surface area contributed by atoms with E-state index in [1.54, 1.807) is 4.90 Å². The van der Waals surface area contributed by atoms with Crippen molar-refractivity contribution in [2.24, 2.45) is 11.1 Å². The highest BCUT2D eigenvalue weighted by molar-refractivity contribution is 5.68. The molecule has 0 aromatic carbocycles. The first-order valence-corrected chi connectivity index (χ1v) is 7.45. The second-order valence-corrected chi connectivity index (χ2v) is 7.55. The van der Waals surface area contributed by atoms with E-state index in [0.29, 0.717) is 19.7 Å². The number of rotatable bonds is 0. The van der Waals surface area contributed by atoms with Gasteiger partial charge >= 0.3 is 6.09 Å². The number of carbonyl (C=O) groups excluding carboxylic acids is 1. The van der Waals surface area contributed by atoms with Crippen LogP contribution in [0.25, 0.3) is 0 Å². The van der Waals surface area contributed by atoms with Crippen LogP contribution in [0.2, 0.25) is 0 Å². The first kappa shape index (κ1) is 15.6. The fourth-order valence-electron chi connectivity index (χ4n) is 3.44. The Morgan fingerprint density at radius 3 is 2.25 bits per heavy atom. The van der Waals surface area contributed by atoms with Crippen LogP contribution in [0.15, 0.2) is 0 Å². The van der Waals surface area contributed by atoms with Crippen LogP contribution >= 0.6 is 0 Å². The second-order valence-electron chi connectivity index (χ2n) is 7.55. The van der Waals surface area contributed by atoms with E-state index in [1.165, 1.54) is 0 Å². The van der Waals surface area contributed by atoms with Crippen molar-refractivity contribution in [3.8, 4) is 0 Å². The molecule has 2 rings (SSSR count). The van der Waals surface area contributed by atoms with E-state index in [-0.39, 0.29) is 23.2 Å². The molecule has 5 nitrogen and oxygen atoms in total. The van der Waals surface area contributed by atoms with Gasteiger partial charge in [-0.25, -0.2) is 4.79 Å². The fourth-order valence-corrected chi connectivity index (χ4v) is 3.44. The molecule has 0 saturated carbocycles. The quantitative estimate of drug-likeness (QED) is 0.740. The zero-order chi connectivity index (χ0) is 15.2. The third-order valence-electron chi connectivity index (χ3n) is 4.84. The largest absolute Gasteiger partial charge is 0.444 e. The van der Waals surface area contributed by atoms with Crippen LogP contribution in [0.4, 0.5) is 4.79 Å². The Hall–Kier alpha value is -0.810. The number of piperidine rings is 1. The van der Waals surface area contributed by atoms with Crippen molar-refractivity contribution in [1.29, 1.82) is 0 Å². The minimum atomic E-state index is -0.446. The Bertz CT molecular complexity index is 379. The maximum atomic E-state index is 12.1. The third-order valence-corrected chi connectivity index (χ3v) is 4.84. The van der Waals surface area contributed by atoms with E-state index < -0.39 is 5.60 Å². The summed E-state index contributed by atoms with van der Waals surface area (Å²) in [5.41, 5.74) is 5.60. The highest BCUT2D eigenvalue weighted by atomic mass is 16.6. The van der Waals surface area contributed by atoms with Crippen molar-refractivity contribution in [2.75, 3.05) is 19.7 Å². The van der Waals surface area contributed by atoms with Crippen molar-refractivity contribution in [3.63, 3.8) is 0 Å². The Morgan fingerprint density at radius 2 is 1.85 bits per heavy atom. The molecule has 0 unspecified atom stereocenters. The van der Waals surface area contributed by atoms with E-state index >= 15 is 0 Å². The second kappa shape index (κ2) is 4.88. The first-order chi connectivity index (χ1) is 9.07. The van der Waals surface area contributed by atoms with Crippen molar-refractivity contribution in [2.45, 2.75) is 64.7 Å². The number of nitrogens with zero attached hydrogens (tertiary/aromatic N) is 1. The molecule has 2 N–H and O–H groups in total. The molecule has 2 fully saturated rings. The average Bonchev–Trinajstić information content (AvgIpc) is 2.53. The summed E-state index contributed by atoms with van der Waals surface area (Å²) < 4.78 is 11.3. The summed E-state index contributed by atoms with van der Waals surface area (Å²) in [6.45, 7) is 11.9. The van der Waals surface area contributed by atoms with Crippen molar-refractivity contribution in [3.05, 3.63) is 0 Å². The van der Waals surface area contributed by atoms with E-state index in [4.69, 9.17) is 15.2 Å². The lowest BCUT2D eigenvalue weighted by Crippen LogP contribution is -2.56. The van der Waals surface area contributed by atoms with Gasteiger partial charge in [-0.3, -0.25) is 0 Å². The molecule has 116 valence electrons. The Morgan fingerprint density at radius 1 is 1.30 bits per heavy atom. The maximum Gasteiger partial charge on any atom is 0.410 e. The number of hydrogen-bond acceptors (Lipinski definition) is 4. The Kier molecular flexibility index (Phi) is 3.80. The molecular weight excluding hydrogens is 256 g/mol. The maximum absolute atomic E-state index is 12.1. The van der Waals surface area contributed by atoms with Gasteiger partial charge in [0.15, 0.2) is 0 Å². The molecule has 2 saturated heterocycles. The molecule has 2 aliphatic rings. The molecule has 0 aromatic heterocycles. The number of nitrogens with two attached hydrogens (primary N) is 1. The van der Waals surface area contributed by atoms with Crippen LogP contribution in [0.5, 0.6) is 0 Å². The number of likely N-dealkylation sites (tertiary alicyclic amines) is 1. The van der Waals surface area contributed by atoms with Crippen LogP contribution in [-0.2, 0) is 9.47 Å². The number of carbonyl (C=O) groups is 1. The normalized spacial score (nSPS) is 28.7. The minimum Gasteiger partial charge on any atom is -0.444 e. The highest BCUT2D eigenvalue weighted by Crippen LogP contribution is 2.50. The summed E-state index contributed by atoms with van der Waals surface area (Å²) in [5.74, 6) is 0. The Balaban J connectivity index is 2.00. The summed E-state index contributed by atoms with van der Waals surface area (Å²) in [7, 11) is 0. The molecule has 0 bridgehead atoms. The predicted molar refractivity (Wildman–Crippen MR) is 77.5 cm³/mol. The summed E-state index contributed by atoms with van der Waals surface area (Å²) in [5, 5.41) is 0. The molecule has 20 heavy (non-hydrogen) atoms. The molecule has 0 aliphatic carbocycles. The monoisotopic (exact) mass is 284 g/mol. The lowest BCUT2D eigenvalue weighted by molar-refractivity contribution is -0.0637. The predicted octanol–water partition coefficient (Wildman–Crippen LogP) is 2.14. The van der Waals surface area contributed by atoms with Gasteiger partial charge in [0.25, 0.3) is 0 Å². The summed E-state index contributed by atoms with van der Waals surface area (Å²) >= 11 is 0. The van der Waals surface area contributed by atoms with Gasteiger partial charge < -0.3 is 20.1 Å². The molecule has 1 spiro atoms. The molecule has 1 atom stereocenters. The van der Waals surface area contributed by atoms with E-state index in [0.717, 1.165) is 12.8 Å². The summed E-state index contributed by atoms with van der Waals surface area (Å²) in [6, 6.07) is 0.0540. The zero-order valence-electron chi connectivity index (χ0n) is 13.4. The lowest BCUT2D eigenvalue weighted by atomic mass is 9.65. The van der Waals surface area contributed by atoms with E-state index in [9.17, 15) is 4.79 Å². The van der Waals surface area contributed by atoms with E-state index in [1.807, 2.05) is 20.8 Å². The summed E-state index contributed by atoms with van der Waals surface area (Å²) in [6.07, 6.45) is 1.53. The van der Waals surface area contributed by atoms with Gasteiger partial charge in [0.2, 0.25) is 0 Å². The molecule has 0 aromatic rings.